The summed E-state index contributed by atoms with van der Waals surface area (Å²) >= 11 is 3.56. The Hall–Kier alpha value is -2.38. The first-order valence-electron chi connectivity index (χ1n) is 13.3. The van der Waals surface area contributed by atoms with Crippen molar-refractivity contribution in [2.24, 2.45) is 17.3 Å². The first kappa shape index (κ1) is 27.6. The summed E-state index contributed by atoms with van der Waals surface area (Å²) in [5.41, 5.74) is 1.57. The van der Waals surface area contributed by atoms with Crippen LogP contribution in [0.1, 0.15) is 70.0 Å². The van der Waals surface area contributed by atoms with Crippen LogP contribution in [0.5, 0.6) is 5.75 Å². The molecule has 2 aromatic carbocycles. The maximum atomic E-state index is 14.1. The molecular weight excluding hydrogens is 532 g/mol. The van der Waals surface area contributed by atoms with Crippen LogP contribution in [0.25, 0.3) is 0 Å². The van der Waals surface area contributed by atoms with Crippen LogP contribution in [0.2, 0.25) is 0 Å². The molecule has 0 radical (unpaired) electrons. The number of benzene rings is 2. The van der Waals surface area contributed by atoms with E-state index in [9.17, 15) is 14.7 Å². The zero-order chi connectivity index (χ0) is 26.7. The number of aliphatic carboxylic acids is 1. The van der Waals surface area contributed by atoms with E-state index >= 15 is 0 Å². The zero-order valence-corrected chi connectivity index (χ0v) is 23.8. The number of hydrogen-bond acceptors (Lipinski definition) is 4. The lowest BCUT2D eigenvalue weighted by Gasteiger charge is -2.36. The Morgan fingerprint density at radius 1 is 1.08 bits per heavy atom. The van der Waals surface area contributed by atoms with Crippen LogP contribution < -0.4 is 10.1 Å². The van der Waals surface area contributed by atoms with Crippen LogP contribution in [0.15, 0.2) is 53.0 Å². The molecule has 0 aromatic heterocycles. The van der Waals surface area contributed by atoms with Crippen LogP contribution in [-0.4, -0.2) is 41.1 Å². The average molecular weight is 572 g/mol. The molecule has 0 spiro atoms. The molecule has 200 valence electrons. The first-order valence-corrected chi connectivity index (χ1v) is 14.1. The minimum absolute atomic E-state index is 0.0143. The van der Waals surface area contributed by atoms with Crippen molar-refractivity contribution in [3.8, 4) is 5.75 Å². The van der Waals surface area contributed by atoms with E-state index in [-0.39, 0.29) is 35.2 Å². The second kappa shape index (κ2) is 11.6. The number of rotatable bonds is 7. The number of halogens is 1. The maximum Gasteiger partial charge on any atom is 0.326 e. The van der Waals surface area contributed by atoms with Gasteiger partial charge in [-0.25, -0.2) is 4.79 Å². The highest BCUT2D eigenvalue weighted by Crippen LogP contribution is 2.49. The summed E-state index contributed by atoms with van der Waals surface area (Å²) in [5.74, 6) is -0.608. The highest BCUT2D eigenvalue weighted by atomic mass is 79.9. The van der Waals surface area contributed by atoms with Crippen LogP contribution in [0.4, 0.5) is 0 Å². The lowest BCUT2D eigenvalue weighted by molar-refractivity contribution is -0.154. The number of hydrogen-bond donors (Lipinski definition) is 2. The number of nitrogens with one attached hydrogen (secondary N) is 1. The van der Waals surface area contributed by atoms with E-state index in [1.807, 2.05) is 48.5 Å². The van der Waals surface area contributed by atoms with Crippen molar-refractivity contribution in [1.82, 2.24) is 10.2 Å². The molecule has 1 aliphatic carbocycles. The smallest absolute Gasteiger partial charge is 0.326 e. The van der Waals surface area contributed by atoms with E-state index in [1.165, 1.54) is 0 Å². The standard InChI is InChI=1S/C30H39BrN2O4/c1-30(2,3)24-25(32-18-21-17-22(31)15-16-23(21)37-4)26(19-11-7-5-8-12-19)33(27(24)29(35)36)28(34)20-13-9-6-10-14-20/h5,7-8,11-12,15-17,20,24-27,32H,6,9-10,13-14,18H2,1-4H3,(H,35,36)/t24-,25-,26-,27-/m0/s1. The second-order valence-electron chi connectivity index (χ2n) is 11.5. The van der Waals surface area contributed by atoms with E-state index in [0.717, 1.165) is 53.5 Å². The van der Waals surface area contributed by atoms with Crippen molar-refractivity contribution >= 4 is 27.8 Å². The molecule has 7 heteroatoms. The molecule has 2 N–H and O–H groups in total. The summed E-state index contributed by atoms with van der Waals surface area (Å²) in [6.07, 6.45) is 4.83. The van der Waals surface area contributed by atoms with Gasteiger partial charge in [-0.2, -0.15) is 0 Å². The topological polar surface area (TPSA) is 78.9 Å². The number of methoxy groups -OCH3 is 1. The van der Waals surface area contributed by atoms with Crippen LogP contribution in [-0.2, 0) is 16.1 Å². The summed E-state index contributed by atoms with van der Waals surface area (Å²) in [4.78, 5) is 28.8. The predicted octanol–water partition coefficient (Wildman–Crippen LogP) is 6.20. The lowest BCUT2D eigenvalue weighted by Crippen LogP contribution is -2.49. The van der Waals surface area contributed by atoms with E-state index in [0.29, 0.717) is 6.54 Å². The highest BCUT2D eigenvalue weighted by Gasteiger charge is 2.58. The number of likely N-dealkylation sites (tertiary alicyclic amines) is 1. The molecule has 1 aliphatic heterocycles. The Balaban J connectivity index is 1.80. The van der Waals surface area contributed by atoms with E-state index in [4.69, 9.17) is 4.74 Å². The summed E-state index contributed by atoms with van der Waals surface area (Å²) in [7, 11) is 1.65. The molecule has 2 aliphatic rings. The Labute approximate surface area is 228 Å². The SMILES string of the molecule is COc1ccc(Br)cc1CN[C@H]1[C@H](C(C)(C)C)[C@@H](C(=O)O)N(C(=O)C2CCCCC2)[C@H]1c1ccccc1. The summed E-state index contributed by atoms with van der Waals surface area (Å²) in [6.45, 7) is 6.73. The van der Waals surface area contributed by atoms with E-state index in [2.05, 4.69) is 42.0 Å². The first-order chi connectivity index (χ1) is 17.6. The molecule has 1 saturated heterocycles. The van der Waals surface area contributed by atoms with Gasteiger partial charge in [0.15, 0.2) is 0 Å². The molecule has 0 bridgehead atoms. The summed E-state index contributed by atoms with van der Waals surface area (Å²) in [5, 5.41) is 14.3. The molecule has 4 rings (SSSR count). The van der Waals surface area contributed by atoms with Gasteiger partial charge < -0.3 is 20.1 Å². The van der Waals surface area contributed by atoms with Gasteiger partial charge in [-0.3, -0.25) is 4.79 Å². The van der Waals surface area contributed by atoms with Gasteiger partial charge in [0, 0.05) is 34.5 Å². The molecule has 37 heavy (non-hydrogen) atoms. The van der Waals surface area contributed by atoms with Crippen molar-refractivity contribution in [1.29, 1.82) is 0 Å². The predicted molar refractivity (Wildman–Crippen MR) is 148 cm³/mol. The third-order valence-electron chi connectivity index (χ3n) is 8.04. The number of amides is 1. The molecular formula is C30H39BrN2O4. The number of ether oxygens (including phenoxy) is 1. The van der Waals surface area contributed by atoms with Crippen molar-refractivity contribution in [3.63, 3.8) is 0 Å². The van der Waals surface area contributed by atoms with Crippen LogP contribution in [0, 0.1) is 17.3 Å². The largest absolute Gasteiger partial charge is 0.496 e. The normalized spacial score (nSPS) is 24.7. The molecule has 1 heterocycles. The van der Waals surface area contributed by atoms with Crippen LogP contribution in [0.3, 0.4) is 0 Å². The molecule has 2 aromatic rings. The Morgan fingerprint density at radius 3 is 2.35 bits per heavy atom. The highest BCUT2D eigenvalue weighted by molar-refractivity contribution is 9.10. The molecule has 1 saturated carbocycles. The fourth-order valence-electron chi connectivity index (χ4n) is 6.40. The molecule has 4 atom stereocenters. The molecule has 1 amide bonds. The molecule has 6 nitrogen and oxygen atoms in total. The van der Waals surface area contributed by atoms with Crippen LogP contribution >= 0.6 is 15.9 Å². The molecule has 2 fully saturated rings. The lowest BCUT2D eigenvalue weighted by atomic mass is 9.72. The van der Waals surface area contributed by atoms with Crippen molar-refractivity contribution < 1.29 is 19.4 Å². The quantitative estimate of drug-likeness (QED) is 0.414. The minimum Gasteiger partial charge on any atom is -0.496 e. The Bertz CT molecular complexity index is 1090. The maximum absolute atomic E-state index is 14.1. The average Bonchev–Trinajstić information content (AvgIpc) is 3.24. The number of nitrogens with zero attached hydrogens (tertiary/aromatic N) is 1. The fraction of sp³-hybridized carbons (Fsp3) is 0.533. The van der Waals surface area contributed by atoms with Gasteiger partial charge in [0.1, 0.15) is 11.8 Å². The Kier molecular flexibility index (Phi) is 8.64. The number of carbonyl (C=O) groups is 2. The summed E-state index contributed by atoms with van der Waals surface area (Å²) in [6, 6.07) is 14.2. The Morgan fingerprint density at radius 2 is 1.76 bits per heavy atom. The third kappa shape index (κ3) is 5.88. The van der Waals surface area contributed by atoms with Crippen molar-refractivity contribution in [2.75, 3.05) is 7.11 Å². The fourth-order valence-corrected chi connectivity index (χ4v) is 6.81. The number of carboxylic acid groups (broad SMARTS) is 1. The summed E-state index contributed by atoms with van der Waals surface area (Å²) < 4.78 is 6.55. The van der Waals surface area contributed by atoms with E-state index in [1.54, 1.807) is 12.0 Å². The van der Waals surface area contributed by atoms with Crippen molar-refractivity contribution in [3.05, 3.63) is 64.1 Å². The van der Waals surface area contributed by atoms with Gasteiger partial charge in [-0.05, 0) is 42.0 Å². The van der Waals surface area contributed by atoms with Gasteiger partial charge in [-0.15, -0.1) is 0 Å². The number of carboxylic acids is 1. The van der Waals surface area contributed by atoms with E-state index < -0.39 is 12.0 Å². The number of carbonyl (C=O) groups excluding carboxylic acids is 1. The van der Waals surface area contributed by atoms with Gasteiger partial charge in [0.05, 0.1) is 13.2 Å². The zero-order valence-electron chi connectivity index (χ0n) is 22.2. The van der Waals surface area contributed by atoms with Gasteiger partial charge >= 0.3 is 5.97 Å². The van der Waals surface area contributed by atoms with Crippen molar-refractivity contribution in [2.45, 2.75) is 77.5 Å². The van der Waals surface area contributed by atoms with Gasteiger partial charge in [-0.1, -0.05) is 86.3 Å². The second-order valence-corrected chi connectivity index (χ2v) is 12.4. The minimum atomic E-state index is -0.936. The van der Waals surface area contributed by atoms with Gasteiger partial charge in [0.25, 0.3) is 0 Å². The van der Waals surface area contributed by atoms with Gasteiger partial charge in [0.2, 0.25) is 5.91 Å². The third-order valence-corrected chi connectivity index (χ3v) is 8.53. The monoisotopic (exact) mass is 570 g/mol. The molecule has 0 unspecified atom stereocenters.